The van der Waals surface area contributed by atoms with Crippen LogP contribution in [0.5, 0.6) is 0 Å². The third-order valence-corrected chi connectivity index (χ3v) is 5.00. The Kier molecular flexibility index (Phi) is 8.44. The van der Waals surface area contributed by atoms with Gasteiger partial charge in [-0.25, -0.2) is 0 Å². The second kappa shape index (κ2) is 9.53. The number of nitrogens with zero attached hydrogens (tertiary/aromatic N) is 1. The van der Waals surface area contributed by atoms with Crippen molar-refractivity contribution < 1.29 is 4.79 Å². The van der Waals surface area contributed by atoms with Crippen LogP contribution in [-0.2, 0) is 4.79 Å². The van der Waals surface area contributed by atoms with Crippen molar-refractivity contribution in [2.75, 3.05) is 26.7 Å². The standard InChI is InChI=1S/C17H25BrN2O.ClH/c1-13(15-7-3-4-8-16(15)18)10-17(21)20-9-5-6-14(12-20)11-19-2;/h3-4,7-8,13-14,19H,5-6,9-12H2,1-2H3;1H. The summed E-state index contributed by atoms with van der Waals surface area (Å²) in [6.45, 7) is 4.96. The molecule has 0 saturated carbocycles. The molecule has 2 rings (SSSR count). The highest BCUT2D eigenvalue weighted by Gasteiger charge is 2.24. The Balaban J connectivity index is 0.00000242. The Labute approximate surface area is 148 Å². The fraction of sp³-hybridized carbons (Fsp3) is 0.588. The number of rotatable bonds is 5. The summed E-state index contributed by atoms with van der Waals surface area (Å²) in [5.41, 5.74) is 1.22. The first kappa shape index (κ1) is 19.5. The predicted molar refractivity (Wildman–Crippen MR) is 97.7 cm³/mol. The molecule has 1 fully saturated rings. The molecule has 0 spiro atoms. The second-order valence-electron chi connectivity index (χ2n) is 6.03. The van der Waals surface area contributed by atoms with Crippen molar-refractivity contribution in [1.29, 1.82) is 0 Å². The average Bonchev–Trinajstić information content (AvgIpc) is 2.48. The highest BCUT2D eigenvalue weighted by molar-refractivity contribution is 9.10. The molecule has 1 aromatic carbocycles. The molecular weight excluding hydrogens is 364 g/mol. The molecule has 1 aromatic rings. The zero-order valence-electron chi connectivity index (χ0n) is 13.3. The normalized spacial score (nSPS) is 19.4. The first-order chi connectivity index (χ1) is 10.1. The lowest BCUT2D eigenvalue weighted by molar-refractivity contribution is -0.133. The maximum absolute atomic E-state index is 12.5. The molecule has 22 heavy (non-hydrogen) atoms. The minimum absolute atomic E-state index is 0. The van der Waals surface area contributed by atoms with E-state index in [1.807, 2.05) is 25.2 Å². The molecule has 1 aliphatic heterocycles. The van der Waals surface area contributed by atoms with Gasteiger partial charge in [0.25, 0.3) is 0 Å². The van der Waals surface area contributed by atoms with Gasteiger partial charge in [0.2, 0.25) is 5.91 Å². The van der Waals surface area contributed by atoms with E-state index in [9.17, 15) is 4.79 Å². The van der Waals surface area contributed by atoms with E-state index in [1.54, 1.807) is 0 Å². The lowest BCUT2D eigenvalue weighted by Gasteiger charge is -2.33. The van der Waals surface area contributed by atoms with E-state index in [1.165, 1.54) is 12.0 Å². The van der Waals surface area contributed by atoms with Gasteiger partial charge in [0.05, 0.1) is 0 Å². The fourth-order valence-corrected chi connectivity index (χ4v) is 3.80. The number of hydrogen-bond donors (Lipinski definition) is 1. The van der Waals surface area contributed by atoms with Crippen molar-refractivity contribution in [1.82, 2.24) is 10.2 Å². The van der Waals surface area contributed by atoms with Gasteiger partial charge in [-0.3, -0.25) is 4.79 Å². The summed E-state index contributed by atoms with van der Waals surface area (Å²) >= 11 is 3.58. The third kappa shape index (κ3) is 5.25. The zero-order chi connectivity index (χ0) is 15.2. The van der Waals surface area contributed by atoms with Gasteiger partial charge in [0, 0.05) is 24.0 Å². The first-order valence-electron chi connectivity index (χ1n) is 7.78. The van der Waals surface area contributed by atoms with Crippen LogP contribution in [0.2, 0.25) is 0 Å². The zero-order valence-corrected chi connectivity index (χ0v) is 15.8. The van der Waals surface area contributed by atoms with Crippen LogP contribution in [-0.4, -0.2) is 37.5 Å². The molecule has 1 amide bonds. The summed E-state index contributed by atoms with van der Waals surface area (Å²) in [7, 11) is 1.98. The summed E-state index contributed by atoms with van der Waals surface area (Å²) < 4.78 is 1.09. The van der Waals surface area contributed by atoms with Gasteiger partial charge < -0.3 is 10.2 Å². The Morgan fingerprint density at radius 3 is 2.86 bits per heavy atom. The van der Waals surface area contributed by atoms with Crippen molar-refractivity contribution in [2.45, 2.75) is 32.1 Å². The van der Waals surface area contributed by atoms with Gasteiger partial charge in [-0.15, -0.1) is 12.4 Å². The Morgan fingerprint density at radius 1 is 1.45 bits per heavy atom. The molecule has 2 unspecified atom stereocenters. The van der Waals surface area contributed by atoms with E-state index in [0.29, 0.717) is 18.2 Å². The van der Waals surface area contributed by atoms with Crippen molar-refractivity contribution in [2.24, 2.45) is 5.92 Å². The van der Waals surface area contributed by atoms with Gasteiger partial charge in [0.15, 0.2) is 0 Å². The lowest BCUT2D eigenvalue weighted by Crippen LogP contribution is -2.42. The molecular formula is C17H26BrClN2O. The van der Waals surface area contributed by atoms with E-state index in [2.05, 4.69) is 39.1 Å². The minimum atomic E-state index is 0. The van der Waals surface area contributed by atoms with Crippen LogP contribution in [0.4, 0.5) is 0 Å². The monoisotopic (exact) mass is 388 g/mol. The van der Waals surface area contributed by atoms with Crippen LogP contribution in [0.1, 0.15) is 37.7 Å². The predicted octanol–water partition coefficient (Wildman–Crippen LogP) is 3.82. The number of carbonyl (C=O) groups is 1. The van der Waals surface area contributed by atoms with E-state index in [0.717, 1.165) is 30.5 Å². The number of piperidine rings is 1. The number of amides is 1. The number of nitrogens with one attached hydrogen (secondary N) is 1. The highest BCUT2D eigenvalue weighted by Crippen LogP contribution is 2.28. The van der Waals surface area contributed by atoms with Crippen LogP contribution in [0.15, 0.2) is 28.7 Å². The third-order valence-electron chi connectivity index (χ3n) is 4.28. The fourth-order valence-electron chi connectivity index (χ4n) is 3.12. The van der Waals surface area contributed by atoms with Gasteiger partial charge >= 0.3 is 0 Å². The Bertz CT molecular complexity index is 481. The molecule has 3 nitrogen and oxygen atoms in total. The van der Waals surface area contributed by atoms with Crippen LogP contribution in [0, 0.1) is 5.92 Å². The van der Waals surface area contributed by atoms with Gasteiger partial charge in [-0.2, -0.15) is 0 Å². The van der Waals surface area contributed by atoms with Gasteiger partial charge in [-0.05, 0) is 49.9 Å². The highest BCUT2D eigenvalue weighted by atomic mass is 79.9. The van der Waals surface area contributed by atoms with Crippen molar-refractivity contribution in [3.05, 3.63) is 34.3 Å². The Hall–Kier alpha value is -0.580. The van der Waals surface area contributed by atoms with Crippen LogP contribution >= 0.6 is 28.3 Å². The van der Waals surface area contributed by atoms with Gasteiger partial charge in [0.1, 0.15) is 0 Å². The van der Waals surface area contributed by atoms with E-state index < -0.39 is 0 Å². The first-order valence-corrected chi connectivity index (χ1v) is 8.58. The molecule has 0 bridgehead atoms. The van der Waals surface area contributed by atoms with Crippen molar-refractivity contribution in [3.63, 3.8) is 0 Å². The number of carbonyl (C=O) groups excluding carboxylic acids is 1. The number of hydrogen-bond acceptors (Lipinski definition) is 2. The number of halogens is 2. The van der Waals surface area contributed by atoms with E-state index >= 15 is 0 Å². The molecule has 0 aromatic heterocycles. The average molecular weight is 390 g/mol. The molecule has 1 heterocycles. The second-order valence-corrected chi connectivity index (χ2v) is 6.89. The largest absolute Gasteiger partial charge is 0.342 e. The summed E-state index contributed by atoms with van der Waals surface area (Å²) in [4.78, 5) is 14.6. The molecule has 1 aliphatic rings. The van der Waals surface area contributed by atoms with Crippen LogP contribution in [0.3, 0.4) is 0 Å². The Morgan fingerprint density at radius 2 is 2.18 bits per heavy atom. The maximum atomic E-state index is 12.5. The molecule has 2 atom stereocenters. The molecule has 5 heteroatoms. The summed E-state index contributed by atoms with van der Waals surface area (Å²) in [5, 5.41) is 3.23. The minimum Gasteiger partial charge on any atom is -0.342 e. The number of benzene rings is 1. The topological polar surface area (TPSA) is 32.3 Å². The summed E-state index contributed by atoms with van der Waals surface area (Å²) in [6, 6.07) is 8.18. The van der Waals surface area contributed by atoms with Crippen molar-refractivity contribution >= 4 is 34.2 Å². The molecule has 124 valence electrons. The van der Waals surface area contributed by atoms with Gasteiger partial charge in [-0.1, -0.05) is 41.1 Å². The summed E-state index contributed by atoms with van der Waals surface area (Å²) in [6.07, 6.45) is 2.95. The van der Waals surface area contributed by atoms with E-state index in [4.69, 9.17) is 0 Å². The molecule has 0 radical (unpaired) electrons. The maximum Gasteiger partial charge on any atom is 0.223 e. The quantitative estimate of drug-likeness (QED) is 0.830. The number of likely N-dealkylation sites (tertiary alicyclic amines) is 1. The summed E-state index contributed by atoms with van der Waals surface area (Å²) in [5.74, 6) is 1.14. The molecule has 1 saturated heterocycles. The molecule has 0 aliphatic carbocycles. The SMILES string of the molecule is CNCC1CCCN(C(=O)CC(C)c2ccccc2Br)C1.Cl. The smallest absolute Gasteiger partial charge is 0.223 e. The van der Waals surface area contributed by atoms with Crippen molar-refractivity contribution in [3.8, 4) is 0 Å². The van der Waals surface area contributed by atoms with E-state index in [-0.39, 0.29) is 18.3 Å². The van der Waals surface area contributed by atoms with Crippen LogP contribution < -0.4 is 5.32 Å². The molecule has 1 N–H and O–H groups in total. The van der Waals surface area contributed by atoms with Crippen LogP contribution in [0.25, 0.3) is 0 Å². The lowest BCUT2D eigenvalue weighted by atomic mass is 9.94.